The number of hydrogen-bond donors (Lipinski definition) is 2. The van der Waals surface area contributed by atoms with Crippen molar-refractivity contribution in [1.82, 2.24) is 5.32 Å². The molecule has 0 unspecified atom stereocenters. The van der Waals surface area contributed by atoms with Crippen LogP contribution in [-0.2, 0) is 4.79 Å². The van der Waals surface area contributed by atoms with Crippen molar-refractivity contribution in [2.75, 3.05) is 13.2 Å². The molecular formula is C33H39Cl2NO4. The molecule has 0 aliphatic rings. The Hall–Kier alpha value is -3.02. The Kier molecular flexibility index (Phi) is 13.3. The van der Waals surface area contributed by atoms with Gasteiger partial charge in [-0.1, -0.05) is 112 Å². The normalized spacial score (nSPS) is 10.9. The molecule has 5 nitrogen and oxygen atoms in total. The summed E-state index contributed by atoms with van der Waals surface area (Å²) in [6, 6.07) is 17.8. The third-order valence-electron chi connectivity index (χ3n) is 6.78. The summed E-state index contributed by atoms with van der Waals surface area (Å²) in [6.45, 7) is 2.29. The smallest absolute Gasteiger partial charge is 0.341 e. The molecular weight excluding hydrogens is 545 g/mol. The Morgan fingerprint density at radius 3 is 1.73 bits per heavy atom. The third-order valence-corrected chi connectivity index (χ3v) is 7.25. The molecule has 3 aromatic rings. The van der Waals surface area contributed by atoms with Gasteiger partial charge in [-0.2, -0.15) is 0 Å². The molecule has 2 N–H and O–H groups in total. The molecule has 0 radical (unpaired) electrons. The van der Waals surface area contributed by atoms with Crippen molar-refractivity contribution in [3.63, 3.8) is 0 Å². The van der Waals surface area contributed by atoms with Crippen molar-refractivity contribution in [3.8, 4) is 28.0 Å². The van der Waals surface area contributed by atoms with Crippen LogP contribution in [0.5, 0.6) is 5.75 Å². The maximum atomic E-state index is 13.3. The van der Waals surface area contributed by atoms with E-state index in [9.17, 15) is 14.7 Å². The van der Waals surface area contributed by atoms with Crippen LogP contribution in [0, 0.1) is 0 Å². The summed E-state index contributed by atoms with van der Waals surface area (Å²) >= 11 is 12.6. The topological polar surface area (TPSA) is 75.6 Å². The molecule has 0 aliphatic carbocycles. The molecule has 0 saturated carbocycles. The zero-order valence-corrected chi connectivity index (χ0v) is 24.7. The fourth-order valence-corrected chi connectivity index (χ4v) is 5.09. The van der Waals surface area contributed by atoms with Gasteiger partial charge in [0.15, 0.2) is 6.61 Å². The second-order valence-electron chi connectivity index (χ2n) is 10.0. The van der Waals surface area contributed by atoms with Crippen LogP contribution in [0.1, 0.15) is 81.5 Å². The van der Waals surface area contributed by atoms with E-state index in [1.54, 1.807) is 48.5 Å². The number of carboxylic acid groups (broad SMARTS) is 1. The maximum absolute atomic E-state index is 13.3. The van der Waals surface area contributed by atoms with Crippen LogP contribution in [0.2, 0.25) is 10.0 Å². The fourth-order valence-electron chi connectivity index (χ4n) is 4.71. The lowest BCUT2D eigenvalue weighted by molar-refractivity contribution is -0.139. The van der Waals surface area contributed by atoms with Crippen molar-refractivity contribution in [2.45, 2.75) is 71.1 Å². The predicted molar refractivity (Wildman–Crippen MR) is 165 cm³/mol. The Morgan fingerprint density at radius 2 is 1.25 bits per heavy atom. The molecule has 0 saturated heterocycles. The predicted octanol–water partition coefficient (Wildman–Crippen LogP) is 9.44. The van der Waals surface area contributed by atoms with Gasteiger partial charge in [-0.15, -0.1) is 0 Å². The maximum Gasteiger partial charge on any atom is 0.341 e. The summed E-state index contributed by atoms with van der Waals surface area (Å²) in [6.07, 6.45) is 12.3. The largest absolute Gasteiger partial charge is 0.481 e. The van der Waals surface area contributed by atoms with Gasteiger partial charge >= 0.3 is 5.97 Å². The van der Waals surface area contributed by atoms with Gasteiger partial charge in [0.1, 0.15) is 5.75 Å². The highest BCUT2D eigenvalue weighted by atomic mass is 35.5. The van der Waals surface area contributed by atoms with Crippen molar-refractivity contribution in [2.24, 2.45) is 0 Å². The van der Waals surface area contributed by atoms with Gasteiger partial charge in [0.2, 0.25) is 0 Å². The van der Waals surface area contributed by atoms with Crippen molar-refractivity contribution in [3.05, 3.63) is 76.3 Å². The van der Waals surface area contributed by atoms with Gasteiger partial charge < -0.3 is 15.2 Å². The highest BCUT2D eigenvalue weighted by molar-refractivity contribution is 6.31. The second kappa shape index (κ2) is 16.9. The van der Waals surface area contributed by atoms with Gasteiger partial charge in [0, 0.05) is 33.3 Å². The quantitative estimate of drug-likeness (QED) is 0.155. The molecule has 1 amide bonds. The molecule has 0 aliphatic heterocycles. The number of unbranched alkanes of at least 4 members (excludes halogenated alkanes) is 9. The molecule has 40 heavy (non-hydrogen) atoms. The molecule has 0 spiro atoms. The van der Waals surface area contributed by atoms with Crippen molar-refractivity contribution < 1.29 is 19.4 Å². The fraction of sp³-hybridized carbons (Fsp3) is 0.394. The van der Waals surface area contributed by atoms with E-state index in [0.717, 1.165) is 12.8 Å². The number of aliphatic carboxylic acids is 1. The number of benzene rings is 3. The van der Waals surface area contributed by atoms with Crippen LogP contribution in [0.25, 0.3) is 22.3 Å². The third kappa shape index (κ3) is 10.2. The molecule has 0 heterocycles. The first kappa shape index (κ1) is 31.5. The highest BCUT2D eigenvalue weighted by Gasteiger charge is 2.20. The molecule has 3 rings (SSSR count). The number of carbonyl (C=O) groups is 2. The molecule has 214 valence electrons. The minimum absolute atomic E-state index is 0.202. The van der Waals surface area contributed by atoms with E-state index in [4.69, 9.17) is 27.9 Å². The van der Waals surface area contributed by atoms with Gasteiger partial charge in [0.05, 0.1) is 0 Å². The van der Waals surface area contributed by atoms with Crippen molar-refractivity contribution in [1.29, 1.82) is 0 Å². The molecule has 0 bridgehead atoms. The summed E-state index contributed by atoms with van der Waals surface area (Å²) in [7, 11) is 0. The van der Waals surface area contributed by atoms with Gasteiger partial charge in [0.25, 0.3) is 5.91 Å². The van der Waals surface area contributed by atoms with E-state index in [0.29, 0.717) is 50.2 Å². The molecule has 0 atom stereocenters. The number of halogens is 2. The number of amides is 1. The SMILES string of the molecule is CCCCCCCCCCCCNC(=O)c1cc(-c2cccc(Cl)c2)c(OCC(=O)O)c(-c2cccc(Cl)c2)c1. The summed E-state index contributed by atoms with van der Waals surface area (Å²) in [5, 5.41) is 13.4. The Balaban J connectivity index is 1.77. The van der Waals surface area contributed by atoms with Crippen LogP contribution in [-0.4, -0.2) is 30.1 Å². The number of nitrogens with one attached hydrogen (secondary N) is 1. The second-order valence-corrected chi connectivity index (χ2v) is 10.9. The molecule has 0 fully saturated rings. The number of hydrogen-bond acceptors (Lipinski definition) is 3. The van der Waals surface area contributed by atoms with E-state index in [1.807, 2.05) is 12.1 Å². The lowest BCUT2D eigenvalue weighted by Gasteiger charge is -2.18. The molecule has 7 heteroatoms. The first-order valence-electron chi connectivity index (χ1n) is 14.2. The van der Waals surface area contributed by atoms with E-state index in [-0.39, 0.29) is 5.91 Å². The number of rotatable bonds is 17. The van der Waals surface area contributed by atoms with E-state index in [2.05, 4.69) is 12.2 Å². The lowest BCUT2D eigenvalue weighted by Crippen LogP contribution is -2.24. The van der Waals surface area contributed by atoms with Crippen LogP contribution < -0.4 is 10.1 Å². The summed E-state index contributed by atoms with van der Waals surface area (Å²) in [5.74, 6) is -0.960. The van der Waals surface area contributed by atoms with Crippen molar-refractivity contribution >= 4 is 35.1 Å². The lowest BCUT2D eigenvalue weighted by atomic mass is 9.94. The van der Waals surface area contributed by atoms with Gasteiger partial charge in [-0.25, -0.2) is 4.79 Å². The first-order chi connectivity index (χ1) is 19.4. The number of carboxylic acids is 1. The monoisotopic (exact) mass is 583 g/mol. The standard InChI is InChI=1S/C33H39Cl2NO4/c1-2-3-4-5-6-7-8-9-10-11-18-36-33(39)26-21-29(24-14-12-16-27(34)19-24)32(40-23-31(37)38)30(22-26)25-15-13-17-28(35)20-25/h12-17,19-22H,2-11,18,23H2,1H3,(H,36,39)(H,37,38). The Labute approximate surface area is 247 Å². The first-order valence-corrected chi connectivity index (χ1v) is 15.0. The summed E-state index contributed by atoms with van der Waals surface area (Å²) < 4.78 is 5.81. The Bertz CT molecular complexity index is 1190. The average Bonchev–Trinajstić information content (AvgIpc) is 2.94. The summed E-state index contributed by atoms with van der Waals surface area (Å²) in [5.41, 5.74) is 3.01. The van der Waals surface area contributed by atoms with E-state index < -0.39 is 12.6 Å². The van der Waals surface area contributed by atoms with E-state index in [1.165, 1.54) is 51.4 Å². The minimum atomic E-state index is -1.10. The molecule has 3 aromatic carbocycles. The zero-order valence-electron chi connectivity index (χ0n) is 23.2. The van der Waals surface area contributed by atoms with Gasteiger partial charge in [-0.3, -0.25) is 4.79 Å². The number of carbonyl (C=O) groups excluding carboxylic acids is 1. The Morgan fingerprint density at radius 1 is 0.750 bits per heavy atom. The average molecular weight is 585 g/mol. The summed E-state index contributed by atoms with van der Waals surface area (Å²) in [4.78, 5) is 24.7. The highest BCUT2D eigenvalue weighted by Crippen LogP contribution is 2.41. The zero-order chi connectivity index (χ0) is 28.7. The number of ether oxygens (including phenoxy) is 1. The minimum Gasteiger partial charge on any atom is -0.481 e. The van der Waals surface area contributed by atoms with Crippen LogP contribution in [0.15, 0.2) is 60.7 Å². The molecule has 0 aromatic heterocycles. The van der Waals surface area contributed by atoms with Gasteiger partial charge in [-0.05, 0) is 53.9 Å². The van der Waals surface area contributed by atoms with Crippen LogP contribution in [0.3, 0.4) is 0 Å². The van der Waals surface area contributed by atoms with E-state index >= 15 is 0 Å². The van der Waals surface area contributed by atoms with Crippen LogP contribution in [0.4, 0.5) is 0 Å². The van der Waals surface area contributed by atoms with Crippen LogP contribution >= 0.6 is 23.2 Å².